The van der Waals surface area contributed by atoms with Crippen LogP contribution in [0.3, 0.4) is 0 Å². The quantitative estimate of drug-likeness (QED) is 0.636. The summed E-state index contributed by atoms with van der Waals surface area (Å²) in [6.45, 7) is 0. The molecule has 0 atom stereocenters. The SMILES string of the molecule is Nc1cc(C(=O)Nc2cnc3[nH]ccc3c2)c(Cl)cc1F. The molecule has 3 aromatic rings. The fraction of sp³-hybridized carbons (Fsp3) is 0. The van der Waals surface area contributed by atoms with Gasteiger partial charge < -0.3 is 16.0 Å². The molecule has 2 aromatic heterocycles. The van der Waals surface area contributed by atoms with Crippen molar-refractivity contribution in [1.82, 2.24) is 9.97 Å². The van der Waals surface area contributed by atoms with E-state index in [-0.39, 0.29) is 16.3 Å². The molecule has 0 bridgehead atoms. The van der Waals surface area contributed by atoms with E-state index >= 15 is 0 Å². The summed E-state index contributed by atoms with van der Waals surface area (Å²) >= 11 is 5.86. The number of anilines is 2. The summed E-state index contributed by atoms with van der Waals surface area (Å²) in [6.07, 6.45) is 3.26. The highest BCUT2D eigenvalue weighted by Crippen LogP contribution is 2.24. The van der Waals surface area contributed by atoms with Crippen LogP contribution < -0.4 is 11.1 Å². The minimum absolute atomic E-state index is 0.00474. The van der Waals surface area contributed by atoms with Gasteiger partial charge in [0.05, 0.1) is 28.2 Å². The number of hydrogen-bond acceptors (Lipinski definition) is 3. The molecule has 4 N–H and O–H groups in total. The predicted molar refractivity (Wildman–Crippen MR) is 79.9 cm³/mol. The molecule has 0 saturated carbocycles. The number of hydrogen-bond donors (Lipinski definition) is 3. The standard InChI is InChI=1S/C14H10ClFN4O/c15-10-5-11(16)12(17)4-9(10)14(21)20-8-3-7-1-2-18-13(7)19-6-8/h1-6H,17H2,(H,18,19)(H,20,21). The number of rotatable bonds is 2. The third-order valence-electron chi connectivity index (χ3n) is 2.99. The van der Waals surface area contributed by atoms with Crippen LogP contribution >= 0.6 is 11.6 Å². The molecule has 5 nitrogen and oxygen atoms in total. The molecular weight excluding hydrogens is 295 g/mol. The second kappa shape index (κ2) is 5.06. The summed E-state index contributed by atoms with van der Waals surface area (Å²) in [5, 5.41) is 3.50. The van der Waals surface area contributed by atoms with Gasteiger partial charge in [0.25, 0.3) is 5.91 Å². The van der Waals surface area contributed by atoms with Crippen LogP contribution in [-0.2, 0) is 0 Å². The van der Waals surface area contributed by atoms with Crippen LogP contribution in [-0.4, -0.2) is 15.9 Å². The molecule has 0 fully saturated rings. The van der Waals surface area contributed by atoms with Crippen LogP contribution in [0.1, 0.15) is 10.4 Å². The summed E-state index contributed by atoms with van der Waals surface area (Å²) in [7, 11) is 0. The van der Waals surface area contributed by atoms with E-state index in [9.17, 15) is 9.18 Å². The summed E-state index contributed by atoms with van der Waals surface area (Å²) in [4.78, 5) is 19.3. The number of fused-ring (bicyclic) bond motifs is 1. The van der Waals surface area contributed by atoms with Crippen molar-refractivity contribution >= 4 is 39.9 Å². The number of halogens is 2. The van der Waals surface area contributed by atoms with E-state index in [2.05, 4.69) is 15.3 Å². The number of carbonyl (C=O) groups excluding carboxylic acids is 1. The van der Waals surface area contributed by atoms with E-state index in [1.807, 2.05) is 6.07 Å². The Morgan fingerprint density at radius 2 is 2.19 bits per heavy atom. The van der Waals surface area contributed by atoms with Gasteiger partial charge in [0.15, 0.2) is 0 Å². The number of aromatic amines is 1. The topological polar surface area (TPSA) is 83.8 Å². The predicted octanol–water partition coefficient (Wildman–Crippen LogP) is 3.19. The lowest BCUT2D eigenvalue weighted by Gasteiger charge is -2.08. The van der Waals surface area contributed by atoms with Crippen LogP contribution in [0.15, 0.2) is 36.7 Å². The van der Waals surface area contributed by atoms with Crippen molar-refractivity contribution in [2.75, 3.05) is 11.1 Å². The molecule has 106 valence electrons. The lowest BCUT2D eigenvalue weighted by atomic mass is 10.1. The maximum Gasteiger partial charge on any atom is 0.257 e. The Morgan fingerprint density at radius 1 is 1.38 bits per heavy atom. The van der Waals surface area contributed by atoms with Crippen LogP contribution in [0.5, 0.6) is 0 Å². The number of nitrogens with zero attached hydrogens (tertiary/aromatic N) is 1. The maximum atomic E-state index is 13.2. The molecule has 2 heterocycles. The number of aromatic nitrogens is 2. The van der Waals surface area contributed by atoms with E-state index in [4.69, 9.17) is 17.3 Å². The normalized spacial score (nSPS) is 10.8. The van der Waals surface area contributed by atoms with Crippen molar-refractivity contribution in [1.29, 1.82) is 0 Å². The van der Waals surface area contributed by atoms with E-state index in [1.54, 1.807) is 12.3 Å². The largest absolute Gasteiger partial charge is 0.396 e. The van der Waals surface area contributed by atoms with Crippen molar-refractivity contribution in [3.8, 4) is 0 Å². The number of nitrogens with one attached hydrogen (secondary N) is 2. The third-order valence-corrected chi connectivity index (χ3v) is 3.30. The van der Waals surface area contributed by atoms with E-state index in [1.165, 1.54) is 12.3 Å². The molecule has 0 radical (unpaired) electrons. The molecule has 1 aromatic carbocycles. The number of nitrogens with two attached hydrogens (primary N) is 1. The second-order valence-electron chi connectivity index (χ2n) is 4.45. The smallest absolute Gasteiger partial charge is 0.257 e. The average molecular weight is 305 g/mol. The van der Waals surface area contributed by atoms with Gasteiger partial charge in [0, 0.05) is 11.6 Å². The lowest BCUT2D eigenvalue weighted by molar-refractivity contribution is 0.102. The van der Waals surface area contributed by atoms with E-state index < -0.39 is 11.7 Å². The van der Waals surface area contributed by atoms with Gasteiger partial charge in [-0.2, -0.15) is 0 Å². The number of amides is 1. The first kappa shape index (κ1) is 13.4. The van der Waals surface area contributed by atoms with Gasteiger partial charge in [-0.1, -0.05) is 11.6 Å². The molecule has 21 heavy (non-hydrogen) atoms. The highest BCUT2D eigenvalue weighted by molar-refractivity contribution is 6.34. The van der Waals surface area contributed by atoms with Gasteiger partial charge in [0.2, 0.25) is 0 Å². The highest BCUT2D eigenvalue weighted by Gasteiger charge is 2.14. The van der Waals surface area contributed by atoms with Crippen LogP contribution in [0.25, 0.3) is 11.0 Å². The molecule has 0 aliphatic carbocycles. The fourth-order valence-electron chi connectivity index (χ4n) is 1.95. The Bertz CT molecular complexity index is 846. The first-order chi connectivity index (χ1) is 10.0. The Balaban J connectivity index is 1.90. The number of H-pyrrole nitrogens is 1. The van der Waals surface area contributed by atoms with Crippen LogP contribution in [0.4, 0.5) is 15.8 Å². The first-order valence-electron chi connectivity index (χ1n) is 6.03. The zero-order valence-electron chi connectivity index (χ0n) is 10.7. The molecule has 0 spiro atoms. The summed E-state index contributed by atoms with van der Waals surface area (Å²) in [5.74, 6) is -1.14. The van der Waals surface area contributed by atoms with Crippen molar-refractivity contribution in [3.63, 3.8) is 0 Å². The zero-order chi connectivity index (χ0) is 15.0. The average Bonchev–Trinajstić information content (AvgIpc) is 2.90. The fourth-order valence-corrected chi connectivity index (χ4v) is 2.18. The van der Waals surface area contributed by atoms with Crippen molar-refractivity contribution in [2.45, 2.75) is 0 Å². The monoisotopic (exact) mass is 304 g/mol. The molecule has 0 unspecified atom stereocenters. The minimum Gasteiger partial charge on any atom is -0.396 e. The van der Waals surface area contributed by atoms with Gasteiger partial charge in [-0.15, -0.1) is 0 Å². The molecule has 0 aliphatic rings. The molecule has 1 amide bonds. The second-order valence-corrected chi connectivity index (χ2v) is 4.85. The Morgan fingerprint density at radius 3 is 3.00 bits per heavy atom. The third kappa shape index (κ3) is 2.53. The molecular formula is C14H10ClFN4O. The van der Waals surface area contributed by atoms with Gasteiger partial charge in [0.1, 0.15) is 11.5 Å². The number of pyridine rings is 1. The van der Waals surface area contributed by atoms with Gasteiger partial charge in [-0.3, -0.25) is 4.79 Å². The zero-order valence-corrected chi connectivity index (χ0v) is 11.4. The lowest BCUT2D eigenvalue weighted by Crippen LogP contribution is -2.13. The molecule has 0 aliphatic heterocycles. The summed E-state index contributed by atoms with van der Waals surface area (Å²) < 4.78 is 13.2. The van der Waals surface area contributed by atoms with Crippen LogP contribution in [0.2, 0.25) is 5.02 Å². The van der Waals surface area contributed by atoms with Crippen LogP contribution in [0, 0.1) is 5.82 Å². The summed E-state index contributed by atoms with van der Waals surface area (Å²) in [5.41, 5.74) is 6.64. The van der Waals surface area contributed by atoms with Gasteiger partial charge in [-0.25, -0.2) is 9.37 Å². The molecule has 3 rings (SSSR count). The Labute approximate surface area is 123 Å². The maximum absolute atomic E-state index is 13.2. The summed E-state index contributed by atoms with van der Waals surface area (Å²) in [6, 6.07) is 5.81. The van der Waals surface area contributed by atoms with Crippen molar-refractivity contribution in [3.05, 3.63) is 53.1 Å². The highest BCUT2D eigenvalue weighted by atomic mass is 35.5. The van der Waals surface area contributed by atoms with Gasteiger partial charge in [-0.05, 0) is 24.3 Å². The van der Waals surface area contributed by atoms with Crippen molar-refractivity contribution in [2.24, 2.45) is 0 Å². The Kier molecular flexibility index (Phi) is 3.23. The van der Waals surface area contributed by atoms with E-state index in [0.717, 1.165) is 17.1 Å². The molecule has 7 heteroatoms. The minimum atomic E-state index is -0.660. The van der Waals surface area contributed by atoms with Gasteiger partial charge >= 0.3 is 0 Å². The first-order valence-corrected chi connectivity index (χ1v) is 6.41. The molecule has 0 saturated heterocycles. The number of benzene rings is 1. The number of carbonyl (C=O) groups is 1. The Hall–Kier alpha value is -2.60. The van der Waals surface area contributed by atoms with E-state index in [0.29, 0.717) is 5.69 Å². The number of nitrogen functional groups attached to an aromatic ring is 1. The van der Waals surface area contributed by atoms with Crippen molar-refractivity contribution < 1.29 is 9.18 Å².